The van der Waals surface area contributed by atoms with E-state index < -0.39 is 0 Å². The van der Waals surface area contributed by atoms with Gasteiger partial charge >= 0.3 is 0 Å². The Bertz CT molecular complexity index is 354. The van der Waals surface area contributed by atoms with Crippen LogP contribution in [0.3, 0.4) is 0 Å². The third kappa shape index (κ3) is 1.50. The second-order valence-electron chi connectivity index (χ2n) is 4.32. The summed E-state index contributed by atoms with van der Waals surface area (Å²) in [6.45, 7) is 6.42. The van der Waals surface area contributed by atoms with Crippen molar-refractivity contribution in [2.45, 2.75) is 32.7 Å². The minimum absolute atomic E-state index is 0.0540. The molecule has 0 saturated carbocycles. The van der Waals surface area contributed by atoms with Gasteiger partial charge in [-0.2, -0.15) is 5.10 Å². The van der Waals surface area contributed by atoms with Crippen molar-refractivity contribution < 1.29 is 0 Å². The van der Waals surface area contributed by atoms with Crippen molar-refractivity contribution in [1.82, 2.24) is 4.98 Å². The quantitative estimate of drug-likeness (QED) is 0.679. The molecule has 0 unspecified atom stereocenters. The summed E-state index contributed by atoms with van der Waals surface area (Å²) in [4.78, 5) is 4.31. The predicted molar refractivity (Wildman–Crippen MR) is 58.5 cm³/mol. The Morgan fingerprint density at radius 1 is 1.36 bits per heavy atom. The molecule has 1 aromatic rings. The van der Waals surface area contributed by atoms with Gasteiger partial charge in [0.25, 0.3) is 0 Å². The van der Waals surface area contributed by atoms with Crippen LogP contribution in [-0.4, -0.2) is 16.2 Å². The van der Waals surface area contributed by atoms with E-state index in [4.69, 9.17) is 0 Å². The predicted octanol–water partition coefficient (Wildman–Crippen LogP) is 2.45. The molecule has 2 rings (SSSR count). The van der Waals surface area contributed by atoms with Crippen LogP contribution in [0.4, 0.5) is 5.82 Å². The van der Waals surface area contributed by atoms with E-state index in [0.29, 0.717) is 0 Å². The summed E-state index contributed by atoms with van der Waals surface area (Å²) in [5, 5.41) is 6.50. The van der Waals surface area contributed by atoms with E-state index in [2.05, 4.69) is 30.9 Å². The van der Waals surface area contributed by atoms with Crippen molar-refractivity contribution >= 4 is 11.5 Å². The maximum atomic E-state index is 4.50. The zero-order valence-electron chi connectivity index (χ0n) is 8.86. The zero-order valence-corrected chi connectivity index (χ0v) is 8.86. The highest BCUT2D eigenvalue weighted by Crippen LogP contribution is 2.30. The molecule has 0 spiro atoms. The van der Waals surface area contributed by atoms with Crippen LogP contribution in [0.25, 0.3) is 0 Å². The Morgan fingerprint density at radius 2 is 2.14 bits per heavy atom. The smallest absolute Gasteiger partial charge is 0.149 e. The molecule has 74 valence electrons. The van der Waals surface area contributed by atoms with Gasteiger partial charge in [-0.3, -0.25) is 0 Å². The maximum absolute atomic E-state index is 4.50. The molecule has 0 amide bonds. The Labute approximate surface area is 84.5 Å². The van der Waals surface area contributed by atoms with Gasteiger partial charge in [-0.25, -0.2) is 9.99 Å². The minimum atomic E-state index is 0.0540. The molecule has 3 heteroatoms. The molecule has 0 aromatic carbocycles. The highest BCUT2D eigenvalue weighted by atomic mass is 15.5. The molecule has 0 aliphatic carbocycles. The number of nitrogens with zero attached hydrogens (tertiary/aromatic N) is 3. The van der Waals surface area contributed by atoms with E-state index in [0.717, 1.165) is 12.2 Å². The van der Waals surface area contributed by atoms with Crippen molar-refractivity contribution in [1.29, 1.82) is 0 Å². The molecule has 1 aliphatic heterocycles. The van der Waals surface area contributed by atoms with E-state index in [-0.39, 0.29) is 5.54 Å². The van der Waals surface area contributed by atoms with Crippen LogP contribution in [0, 0.1) is 0 Å². The SMILES string of the molecule is CC1=NN(c2ccccn2)C(C)(C)C1. The van der Waals surface area contributed by atoms with Crippen LogP contribution < -0.4 is 5.01 Å². The summed E-state index contributed by atoms with van der Waals surface area (Å²) in [7, 11) is 0. The largest absolute Gasteiger partial charge is 0.242 e. The molecule has 0 bridgehead atoms. The summed E-state index contributed by atoms with van der Waals surface area (Å²) in [5.74, 6) is 0.925. The minimum Gasteiger partial charge on any atom is -0.242 e. The number of hydrazone groups is 1. The van der Waals surface area contributed by atoms with Gasteiger partial charge in [0.15, 0.2) is 0 Å². The van der Waals surface area contributed by atoms with Crippen molar-refractivity contribution in [3.05, 3.63) is 24.4 Å². The lowest BCUT2D eigenvalue weighted by Gasteiger charge is -2.29. The van der Waals surface area contributed by atoms with E-state index in [9.17, 15) is 0 Å². The average molecular weight is 189 g/mol. The molecule has 3 nitrogen and oxygen atoms in total. The summed E-state index contributed by atoms with van der Waals surface area (Å²) < 4.78 is 0. The lowest BCUT2D eigenvalue weighted by Crippen LogP contribution is -2.36. The fraction of sp³-hybridized carbons (Fsp3) is 0.455. The van der Waals surface area contributed by atoms with Gasteiger partial charge < -0.3 is 0 Å². The van der Waals surface area contributed by atoms with E-state index in [1.54, 1.807) is 6.20 Å². The number of aromatic nitrogens is 1. The van der Waals surface area contributed by atoms with Gasteiger partial charge in [0.05, 0.1) is 5.54 Å². The Balaban J connectivity index is 2.35. The third-order valence-electron chi connectivity index (χ3n) is 2.40. The van der Waals surface area contributed by atoms with Crippen LogP contribution in [0.5, 0.6) is 0 Å². The molecule has 0 atom stereocenters. The van der Waals surface area contributed by atoms with Crippen molar-refractivity contribution in [2.24, 2.45) is 5.10 Å². The summed E-state index contributed by atoms with van der Waals surface area (Å²) in [6, 6.07) is 5.90. The summed E-state index contributed by atoms with van der Waals surface area (Å²) in [5.41, 5.74) is 1.22. The fourth-order valence-electron chi connectivity index (χ4n) is 1.88. The van der Waals surface area contributed by atoms with Crippen LogP contribution in [0.15, 0.2) is 29.5 Å². The van der Waals surface area contributed by atoms with Crippen molar-refractivity contribution in [2.75, 3.05) is 5.01 Å². The van der Waals surface area contributed by atoms with Gasteiger partial charge in [-0.05, 0) is 32.9 Å². The Kier molecular flexibility index (Phi) is 2.02. The van der Waals surface area contributed by atoms with Gasteiger partial charge in [-0.15, -0.1) is 0 Å². The number of hydrogen-bond donors (Lipinski definition) is 0. The maximum Gasteiger partial charge on any atom is 0.149 e. The first-order chi connectivity index (χ1) is 6.59. The van der Waals surface area contributed by atoms with Gasteiger partial charge in [-0.1, -0.05) is 6.07 Å². The molecule has 0 N–H and O–H groups in total. The van der Waals surface area contributed by atoms with Crippen LogP contribution in [0.2, 0.25) is 0 Å². The molecule has 0 saturated heterocycles. The molecule has 1 aliphatic rings. The Morgan fingerprint density at radius 3 is 2.64 bits per heavy atom. The normalized spacial score (nSPS) is 19.6. The summed E-state index contributed by atoms with van der Waals surface area (Å²) >= 11 is 0. The van der Waals surface area contributed by atoms with E-state index >= 15 is 0 Å². The van der Waals surface area contributed by atoms with E-state index in [1.807, 2.05) is 23.2 Å². The molecular formula is C11H15N3. The highest BCUT2D eigenvalue weighted by molar-refractivity contribution is 5.87. The number of pyridine rings is 1. The number of anilines is 1. The molecular weight excluding hydrogens is 174 g/mol. The first-order valence-electron chi connectivity index (χ1n) is 4.85. The van der Waals surface area contributed by atoms with Gasteiger partial charge in [0, 0.05) is 18.3 Å². The molecule has 14 heavy (non-hydrogen) atoms. The van der Waals surface area contributed by atoms with E-state index in [1.165, 1.54) is 5.71 Å². The second kappa shape index (κ2) is 3.08. The van der Waals surface area contributed by atoms with Gasteiger partial charge in [0.1, 0.15) is 5.82 Å². The standard InChI is InChI=1S/C11H15N3/c1-9-8-11(2,3)14(13-9)10-6-4-5-7-12-10/h4-7H,8H2,1-3H3. The first-order valence-corrected chi connectivity index (χ1v) is 4.85. The van der Waals surface area contributed by atoms with Crippen LogP contribution in [-0.2, 0) is 0 Å². The number of rotatable bonds is 1. The average Bonchev–Trinajstić information content (AvgIpc) is 2.41. The van der Waals surface area contributed by atoms with Crippen molar-refractivity contribution in [3.63, 3.8) is 0 Å². The van der Waals surface area contributed by atoms with Crippen LogP contribution in [0.1, 0.15) is 27.2 Å². The van der Waals surface area contributed by atoms with Crippen molar-refractivity contribution in [3.8, 4) is 0 Å². The highest BCUT2D eigenvalue weighted by Gasteiger charge is 2.33. The monoisotopic (exact) mass is 189 g/mol. The topological polar surface area (TPSA) is 28.5 Å². The molecule has 1 aromatic heterocycles. The zero-order chi connectivity index (χ0) is 10.2. The number of hydrogen-bond acceptors (Lipinski definition) is 3. The fourth-order valence-corrected chi connectivity index (χ4v) is 1.88. The molecule has 2 heterocycles. The third-order valence-corrected chi connectivity index (χ3v) is 2.40. The summed E-state index contributed by atoms with van der Waals surface area (Å²) in [6.07, 6.45) is 2.80. The lowest BCUT2D eigenvalue weighted by molar-refractivity contribution is 0.511. The Hall–Kier alpha value is -1.38. The van der Waals surface area contributed by atoms with Gasteiger partial charge in [0.2, 0.25) is 0 Å². The lowest BCUT2D eigenvalue weighted by atomic mass is 9.99. The first kappa shape index (κ1) is 9.19. The molecule has 0 fully saturated rings. The van der Waals surface area contributed by atoms with Crippen LogP contribution >= 0.6 is 0 Å². The molecule has 0 radical (unpaired) electrons. The second-order valence-corrected chi connectivity index (χ2v) is 4.32.